The van der Waals surface area contributed by atoms with Gasteiger partial charge in [-0.2, -0.15) is 5.26 Å². The molecule has 0 aromatic carbocycles. The molecule has 0 aliphatic carbocycles. The van der Waals surface area contributed by atoms with E-state index in [1.807, 2.05) is 13.0 Å². The van der Waals surface area contributed by atoms with Gasteiger partial charge in [-0.05, 0) is 13.0 Å². The zero-order chi connectivity index (χ0) is 10.8. The van der Waals surface area contributed by atoms with Crippen molar-refractivity contribution in [2.45, 2.75) is 6.92 Å². The third-order valence-electron chi connectivity index (χ3n) is 2.05. The van der Waals surface area contributed by atoms with Crippen LogP contribution in [0.15, 0.2) is 24.7 Å². The summed E-state index contributed by atoms with van der Waals surface area (Å²) in [4.78, 5) is 8.20. The quantitative estimate of drug-likeness (QED) is 0.737. The number of rotatable bonds is 1. The predicted octanol–water partition coefficient (Wildman–Crippen LogP) is 2.10. The zero-order valence-electron chi connectivity index (χ0n) is 7.98. The lowest BCUT2D eigenvalue weighted by Gasteiger charge is -2.06. The van der Waals surface area contributed by atoms with E-state index < -0.39 is 0 Å². The second kappa shape index (κ2) is 3.71. The molecule has 74 valence electrons. The molecule has 0 saturated carbocycles. The third-order valence-corrected chi connectivity index (χ3v) is 2.42. The lowest BCUT2D eigenvalue weighted by Crippen LogP contribution is -2.00. The summed E-state index contributed by atoms with van der Waals surface area (Å²) < 4.78 is 1.74. The summed E-state index contributed by atoms with van der Waals surface area (Å²) in [6, 6.07) is 3.59. The first kappa shape index (κ1) is 9.69. The fourth-order valence-corrected chi connectivity index (χ4v) is 1.53. The maximum absolute atomic E-state index is 8.82. The van der Waals surface area contributed by atoms with Gasteiger partial charge < -0.3 is 0 Å². The molecular formula is C10H7ClN4. The molecule has 0 aliphatic rings. The zero-order valence-corrected chi connectivity index (χ0v) is 8.73. The maximum atomic E-state index is 8.82. The average molecular weight is 219 g/mol. The summed E-state index contributed by atoms with van der Waals surface area (Å²) in [5, 5.41) is 9.17. The molecule has 0 atom stereocenters. The van der Waals surface area contributed by atoms with Crippen LogP contribution in [0, 0.1) is 18.3 Å². The summed E-state index contributed by atoms with van der Waals surface area (Å²) in [5.74, 6) is 1.31. The number of hydrogen-bond donors (Lipinski definition) is 0. The molecule has 15 heavy (non-hydrogen) atoms. The highest BCUT2D eigenvalue weighted by atomic mass is 35.5. The van der Waals surface area contributed by atoms with Gasteiger partial charge >= 0.3 is 0 Å². The van der Waals surface area contributed by atoms with Crippen molar-refractivity contribution in [3.8, 4) is 11.9 Å². The number of aryl methyl sites for hydroxylation is 1. The number of imidazole rings is 1. The molecule has 0 spiro atoms. The molecule has 2 heterocycles. The molecule has 0 unspecified atom stereocenters. The highest BCUT2D eigenvalue weighted by Gasteiger charge is 2.10. The van der Waals surface area contributed by atoms with Crippen LogP contribution in [0.4, 0.5) is 0 Å². The van der Waals surface area contributed by atoms with Gasteiger partial charge in [-0.15, -0.1) is 0 Å². The molecule has 4 nitrogen and oxygen atoms in total. The van der Waals surface area contributed by atoms with E-state index in [1.165, 1.54) is 0 Å². The van der Waals surface area contributed by atoms with Crippen LogP contribution in [0.2, 0.25) is 5.02 Å². The van der Waals surface area contributed by atoms with Crippen LogP contribution < -0.4 is 0 Å². The van der Waals surface area contributed by atoms with Gasteiger partial charge in [0.05, 0.1) is 5.56 Å². The summed E-state index contributed by atoms with van der Waals surface area (Å²) in [6.07, 6.45) is 4.97. The second-order valence-electron chi connectivity index (χ2n) is 2.95. The minimum atomic E-state index is 0.348. The lowest BCUT2D eigenvalue weighted by molar-refractivity contribution is 0.932. The minimum absolute atomic E-state index is 0.348. The van der Waals surface area contributed by atoms with Crippen molar-refractivity contribution in [3.63, 3.8) is 0 Å². The first-order valence-corrected chi connectivity index (χ1v) is 4.66. The van der Waals surface area contributed by atoms with E-state index in [1.54, 1.807) is 29.2 Å². The van der Waals surface area contributed by atoms with E-state index >= 15 is 0 Å². The number of nitrogens with zero attached hydrogens (tertiary/aromatic N) is 4. The largest absolute Gasteiger partial charge is 0.287 e. The Bertz CT molecular complexity index is 539. The topological polar surface area (TPSA) is 54.5 Å². The Kier molecular flexibility index (Phi) is 2.40. The average Bonchev–Trinajstić information content (AvgIpc) is 2.65. The van der Waals surface area contributed by atoms with Crippen LogP contribution >= 0.6 is 11.6 Å². The molecule has 2 rings (SSSR count). The van der Waals surface area contributed by atoms with Crippen molar-refractivity contribution >= 4 is 11.6 Å². The molecule has 0 saturated heterocycles. The van der Waals surface area contributed by atoms with Crippen LogP contribution in [-0.2, 0) is 0 Å². The summed E-state index contributed by atoms with van der Waals surface area (Å²) in [7, 11) is 0. The van der Waals surface area contributed by atoms with Gasteiger partial charge in [0.25, 0.3) is 0 Å². The van der Waals surface area contributed by atoms with Crippen molar-refractivity contribution in [3.05, 3.63) is 41.1 Å². The molecule has 2 aromatic heterocycles. The molecular weight excluding hydrogens is 212 g/mol. The Morgan fingerprint density at radius 1 is 1.40 bits per heavy atom. The maximum Gasteiger partial charge on any atom is 0.158 e. The summed E-state index contributed by atoms with van der Waals surface area (Å²) >= 11 is 6.04. The number of hydrogen-bond acceptors (Lipinski definition) is 3. The van der Waals surface area contributed by atoms with Crippen molar-refractivity contribution in [2.75, 3.05) is 0 Å². The van der Waals surface area contributed by atoms with Crippen molar-refractivity contribution in [1.82, 2.24) is 14.5 Å². The van der Waals surface area contributed by atoms with Gasteiger partial charge in [-0.1, -0.05) is 11.6 Å². The minimum Gasteiger partial charge on any atom is -0.287 e. The second-order valence-corrected chi connectivity index (χ2v) is 3.33. The molecule has 0 amide bonds. The lowest BCUT2D eigenvalue weighted by atomic mass is 10.3. The standard InChI is InChI=1S/C10H7ClN4/c1-7-13-4-5-15(7)10-9(11)8(6-12)2-3-14-10/h2-5H,1H3. The van der Waals surface area contributed by atoms with Gasteiger partial charge in [0, 0.05) is 18.6 Å². The Hall–Kier alpha value is -1.86. The number of pyridine rings is 1. The normalized spacial score (nSPS) is 9.93. The fourth-order valence-electron chi connectivity index (χ4n) is 1.29. The van der Waals surface area contributed by atoms with Crippen LogP contribution in [0.25, 0.3) is 5.82 Å². The van der Waals surface area contributed by atoms with Gasteiger partial charge in [-0.25, -0.2) is 9.97 Å². The van der Waals surface area contributed by atoms with E-state index in [4.69, 9.17) is 16.9 Å². The van der Waals surface area contributed by atoms with Crippen molar-refractivity contribution in [2.24, 2.45) is 0 Å². The number of nitriles is 1. The Balaban J connectivity index is 2.65. The molecule has 0 fully saturated rings. The van der Waals surface area contributed by atoms with Crippen LogP contribution in [0.3, 0.4) is 0 Å². The highest BCUT2D eigenvalue weighted by Crippen LogP contribution is 2.22. The molecule has 2 aromatic rings. The first-order valence-electron chi connectivity index (χ1n) is 4.29. The van der Waals surface area contributed by atoms with Crippen molar-refractivity contribution in [1.29, 1.82) is 5.26 Å². The summed E-state index contributed by atoms with van der Waals surface area (Å²) in [5.41, 5.74) is 0.412. The number of aromatic nitrogens is 3. The third kappa shape index (κ3) is 1.58. The SMILES string of the molecule is Cc1nccn1-c1nccc(C#N)c1Cl. The van der Waals surface area contributed by atoms with Gasteiger partial charge in [0.1, 0.15) is 16.9 Å². The van der Waals surface area contributed by atoms with E-state index in [2.05, 4.69) is 9.97 Å². The molecule has 0 bridgehead atoms. The molecule has 5 heteroatoms. The van der Waals surface area contributed by atoms with Crippen LogP contribution in [0.1, 0.15) is 11.4 Å². The molecule has 0 radical (unpaired) electrons. The predicted molar refractivity (Wildman–Crippen MR) is 55.8 cm³/mol. The Labute approximate surface area is 91.8 Å². The summed E-state index contributed by atoms with van der Waals surface area (Å²) in [6.45, 7) is 1.84. The van der Waals surface area contributed by atoms with E-state index in [0.29, 0.717) is 16.4 Å². The molecule has 0 aliphatic heterocycles. The van der Waals surface area contributed by atoms with Crippen LogP contribution in [0.5, 0.6) is 0 Å². The smallest absolute Gasteiger partial charge is 0.158 e. The van der Waals surface area contributed by atoms with E-state index in [-0.39, 0.29) is 0 Å². The van der Waals surface area contributed by atoms with Gasteiger partial charge in [0.2, 0.25) is 0 Å². The van der Waals surface area contributed by atoms with Gasteiger partial charge in [-0.3, -0.25) is 4.57 Å². The monoisotopic (exact) mass is 218 g/mol. The van der Waals surface area contributed by atoms with Gasteiger partial charge in [0.15, 0.2) is 5.82 Å². The Morgan fingerprint density at radius 3 is 2.80 bits per heavy atom. The van der Waals surface area contributed by atoms with Crippen LogP contribution in [-0.4, -0.2) is 14.5 Å². The fraction of sp³-hybridized carbons (Fsp3) is 0.100. The van der Waals surface area contributed by atoms with E-state index in [0.717, 1.165) is 5.82 Å². The molecule has 0 N–H and O–H groups in total. The Morgan fingerprint density at radius 2 is 2.20 bits per heavy atom. The first-order chi connectivity index (χ1) is 7.24. The highest BCUT2D eigenvalue weighted by molar-refractivity contribution is 6.33. The van der Waals surface area contributed by atoms with Crippen molar-refractivity contribution < 1.29 is 0 Å². The van der Waals surface area contributed by atoms with E-state index in [9.17, 15) is 0 Å². The number of halogens is 1.